The van der Waals surface area contributed by atoms with E-state index < -0.39 is 10.2 Å². The summed E-state index contributed by atoms with van der Waals surface area (Å²) in [7, 11) is -3.60. The maximum atomic E-state index is 12.2. The van der Waals surface area contributed by atoms with E-state index in [0.29, 0.717) is 13.1 Å². The molecule has 1 unspecified atom stereocenters. The van der Waals surface area contributed by atoms with Crippen LogP contribution in [0.25, 0.3) is 0 Å². The molecular weight excluding hydrogens is 334 g/mol. The van der Waals surface area contributed by atoms with E-state index in [4.69, 9.17) is 5.11 Å². The molecule has 0 amide bonds. The van der Waals surface area contributed by atoms with Gasteiger partial charge in [0.05, 0.1) is 0 Å². The molecule has 1 aliphatic rings. The van der Waals surface area contributed by atoms with Crippen LogP contribution >= 0.6 is 15.9 Å². The highest BCUT2D eigenvalue weighted by atomic mass is 79.9. The first-order valence-electron chi connectivity index (χ1n) is 6.01. The third kappa shape index (κ3) is 3.88. The summed E-state index contributed by atoms with van der Waals surface area (Å²) >= 11 is 3.24. The van der Waals surface area contributed by atoms with E-state index in [0.717, 1.165) is 17.3 Å². The van der Waals surface area contributed by atoms with Crippen LogP contribution in [-0.2, 0) is 10.2 Å². The second-order valence-electron chi connectivity index (χ2n) is 4.52. The van der Waals surface area contributed by atoms with Crippen molar-refractivity contribution >= 4 is 32.0 Å². The zero-order chi connectivity index (χ0) is 13.9. The smallest absolute Gasteiger partial charge is 0.302 e. The van der Waals surface area contributed by atoms with Gasteiger partial charge in [-0.1, -0.05) is 0 Å². The van der Waals surface area contributed by atoms with Gasteiger partial charge in [-0.05, 0) is 46.8 Å². The van der Waals surface area contributed by atoms with E-state index in [-0.39, 0.29) is 18.3 Å². The molecule has 1 atom stereocenters. The van der Waals surface area contributed by atoms with Gasteiger partial charge in [0.15, 0.2) is 0 Å². The zero-order valence-corrected chi connectivity index (χ0v) is 12.7. The van der Waals surface area contributed by atoms with Gasteiger partial charge in [-0.15, -0.1) is 0 Å². The highest BCUT2D eigenvalue weighted by molar-refractivity contribution is 9.10. The third-order valence-electron chi connectivity index (χ3n) is 3.04. The monoisotopic (exact) mass is 349 g/mol. The Balaban J connectivity index is 2.07. The Labute approximate surface area is 121 Å². The van der Waals surface area contributed by atoms with Gasteiger partial charge in [0.2, 0.25) is 0 Å². The van der Waals surface area contributed by atoms with Crippen molar-refractivity contribution < 1.29 is 13.5 Å². The first-order valence-corrected chi connectivity index (χ1v) is 8.25. The molecule has 0 aromatic carbocycles. The van der Waals surface area contributed by atoms with Gasteiger partial charge in [-0.3, -0.25) is 4.72 Å². The molecule has 2 rings (SSSR count). The van der Waals surface area contributed by atoms with Crippen molar-refractivity contribution in [3.63, 3.8) is 0 Å². The van der Waals surface area contributed by atoms with Crippen LogP contribution in [0.4, 0.5) is 5.82 Å². The minimum absolute atomic E-state index is 0.0164. The molecule has 8 heteroatoms. The molecule has 106 valence electrons. The minimum atomic E-state index is -3.60. The molecule has 0 aliphatic carbocycles. The van der Waals surface area contributed by atoms with Crippen LogP contribution in [-0.4, -0.2) is 42.5 Å². The number of anilines is 1. The number of hydrogen-bond acceptors (Lipinski definition) is 4. The summed E-state index contributed by atoms with van der Waals surface area (Å²) in [6.07, 6.45) is 3.16. The van der Waals surface area contributed by atoms with Crippen molar-refractivity contribution in [3.8, 4) is 0 Å². The average Bonchev–Trinajstić information content (AvgIpc) is 2.41. The fourth-order valence-corrected chi connectivity index (χ4v) is 3.55. The molecule has 1 aliphatic heterocycles. The number of pyridine rings is 1. The summed E-state index contributed by atoms with van der Waals surface area (Å²) in [6, 6.07) is 3.31. The Bertz CT molecular complexity index is 520. The molecule has 0 saturated carbocycles. The van der Waals surface area contributed by atoms with E-state index in [9.17, 15) is 8.42 Å². The molecule has 1 saturated heterocycles. The van der Waals surface area contributed by atoms with Crippen LogP contribution in [0, 0.1) is 5.92 Å². The van der Waals surface area contributed by atoms with Crippen molar-refractivity contribution in [3.05, 3.63) is 22.8 Å². The molecule has 2 heterocycles. The van der Waals surface area contributed by atoms with Crippen LogP contribution in [0.3, 0.4) is 0 Å². The van der Waals surface area contributed by atoms with E-state index in [1.807, 2.05) is 0 Å². The number of nitrogens with one attached hydrogen (secondary N) is 1. The lowest BCUT2D eigenvalue weighted by molar-refractivity contribution is 0.166. The summed E-state index contributed by atoms with van der Waals surface area (Å²) in [6.45, 7) is 0.841. The number of aliphatic hydroxyl groups is 1. The molecule has 0 bridgehead atoms. The van der Waals surface area contributed by atoms with Crippen molar-refractivity contribution in [2.24, 2.45) is 5.92 Å². The Morgan fingerprint density at radius 1 is 1.53 bits per heavy atom. The number of hydrogen-bond donors (Lipinski definition) is 2. The molecule has 6 nitrogen and oxygen atoms in total. The summed E-state index contributed by atoms with van der Waals surface area (Å²) in [5.41, 5.74) is 0. The van der Waals surface area contributed by atoms with Crippen LogP contribution in [0.5, 0.6) is 0 Å². The summed E-state index contributed by atoms with van der Waals surface area (Å²) in [5, 5.41) is 9.14. The van der Waals surface area contributed by atoms with Gasteiger partial charge in [0.1, 0.15) is 5.82 Å². The van der Waals surface area contributed by atoms with E-state index in [2.05, 4.69) is 25.6 Å². The molecule has 0 spiro atoms. The van der Waals surface area contributed by atoms with Crippen molar-refractivity contribution in [2.45, 2.75) is 12.8 Å². The third-order valence-corrected chi connectivity index (χ3v) is 4.99. The molecule has 1 aromatic rings. The Morgan fingerprint density at radius 3 is 2.95 bits per heavy atom. The molecule has 1 aromatic heterocycles. The van der Waals surface area contributed by atoms with Crippen LogP contribution < -0.4 is 4.72 Å². The number of aromatic nitrogens is 1. The van der Waals surface area contributed by atoms with Gasteiger partial charge >= 0.3 is 10.2 Å². The van der Waals surface area contributed by atoms with Crippen LogP contribution in [0.2, 0.25) is 0 Å². The Morgan fingerprint density at radius 2 is 2.32 bits per heavy atom. The molecular formula is C11H16BrN3O3S. The maximum Gasteiger partial charge on any atom is 0.302 e. The second kappa shape index (κ2) is 6.17. The number of aliphatic hydroxyl groups excluding tert-OH is 1. The number of nitrogens with zero attached hydrogens (tertiary/aromatic N) is 2. The highest BCUT2D eigenvalue weighted by Gasteiger charge is 2.28. The van der Waals surface area contributed by atoms with Crippen LogP contribution in [0.1, 0.15) is 12.8 Å². The van der Waals surface area contributed by atoms with E-state index in [1.165, 1.54) is 10.5 Å². The van der Waals surface area contributed by atoms with Crippen LogP contribution in [0.15, 0.2) is 22.8 Å². The molecule has 0 radical (unpaired) electrons. The lowest BCUT2D eigenvalue weighted by Crippen LogP contribution is -2.43. The minimum Gasteiger partial charge on any atom is -0.396 e. The fourth-order valence-electron chi connectivity index (χ4n) is 2.03. The summed E-state index contributed by atoms with van der Waals surface area (Å²) in [5.74, 6) is 0.303. The predicted octanol–water partition coefficient (Wildman–Crippen LogP) is 1.21. The highest BCUT2D eigenvalue weighted by Crippen LogP contribution is 2.20. The van der Waals surface area contributed by atoms with Gasteiger partial charge in [-0.25, -0.2) is 4.98 Å². The SMILES string of the molecule is O=S(=O)(Nc1ccc(Br)cn1)N1CCCC(CO)C1. The second-order valence-corrected chi connectivity index (χ2v) is 7.10. The number of halogens is 1. The van der Waals surface area contributed by atoms with Gasteiger partial charge in [0.25, 0.3) is 0 Å². The summed E-state index contributed by atoms with van der Waals surface area (Å²) < 4.78 is 29.0. The van der Waals surface area contributed by atoms with E-state index >= 15 is 0 Å². The Hall–Kier alpha value is -0.700. The topological polar surface area (TPSA) is 82.5 Å². The molecule has 2 N–H and O–H groups in total. The number of piperidine rings is 1. The van der Waals surface area contributed by atoms with Crippen molar-refractivity contribution in [1.29, 1.82) is 0 Å². The fraction of sp³-hybridized carbons (Fsp3) is 0.545. The van der Waals surface area contributed by atoms with Gasteiger partial charge in [-0.2, -0.15) is 12.7 Å². The molecule has 1 fully saturated rings. The van der Waals surface area contributed by atoms with Gasteiger partial charge in [0, 0.05) is 30.4 Å². The van der Waals surface area contributed by atoms with Crippen molar-refractivity contribution in [2.75, 3.05) is 24.4 Å². The standard InChI is InChI=1S/C11H16BrN3O3S/c12-10-3-4-11(13-6-10)14-19(17,18)15-5-1-2-9(7-15)8-16/h3-4,6,9,16H,1-2,5,7-8H2,(H,13,14). The lowest BCUT2D eigenvalue weighted by atomic mass is 10.0. The predicted molar refractivity (Wildman–Crippen MR) is 75.9 cm³/mol. The lowest BCUT2D eigenvalue weighted by Gasteiger charge is -2.30. The van der Waals surface area contributed by atoms with Crippen molar-refractivity contribution in [1.82, 2.24) is 9.29 Å². The molecule has 19 heavy (non-hydrogen) atoms. The largest absolute Gasteiger partial charge is 0.396 e. The summed E-state index contributed by atoms with van der Waals surface area (Å²) in [4.78, 5) is 3.98. The normalized spacial score (nSPS) is 21.3. The van der Waals surface area contributed by atoms with Gasteiger partial charge < -0.3 is 5.11 Å². The maximum absolute atomic E-state index is 12.2. The number of rotatable bonds is 4. The van der Waals surface area contributed by atoms with E-state index in [1.54, 1.807) is 12.1 Å². The first-order chi connectivity index (χ1) is 9.01. The Kier molecular flexibility index (Phi) is 4.77. The quantitative estimate of drug-likeness (QED) is 0.855. The first kappa shape index (κ1) is 14.7. The average molecular weight is 350 g/mol. The zero-order valence-electron chi connectivity index (χ0n) is 10.3.